The number of carbonyl (C=O) groups excluding carboxylic acids is 1. The zero-order valence-corrected chi connectivity index (χ0v) is 12.0. The topological polar surface area (TPSA) is 92.5 Å². The third kappa shape index (κ3) is 3.58. The van der Waals surface area contributed by atoms with Crippen LogP contribution in [0.2, 0.25) is 0 Å². The van der Waals surface area contributed by atoms with Gasteiger partial charge in [0.1, 0.15) is 0 Å². The number of rotatable bonds is 4. The first-order valence-corrected chi connectivity index (χ1v) is 7.13. The highest BCUT2D eigenvalue weighted by atomic mass is 16.6. The molecule has 2 N–H and O–H groups in total. The quantitative estimate of drug-likeness (QED) is 0.657. The van der Waals surface area contributed by atoms with Crippen molar-refractivity contribution in [1.29, 1.82) is 0 Å². The number of benzene rings is 1. The number of nitro benzene ring substituents is 1. The number of aliphatic hydroxyl groups excluding tert-OH is 1. The molecule has 1 amide bonds. The van der Waals surface area contributed by atoms with Gasteiger partial charge in [0.25, 0.3) is 11.6 Å². The molecule has 1 aromatic rings. The Morgan fingerprint density at radius 3 is 2.43 bits per heavy atom. The summed E-state index contributed by atoms with van der Waals surface area (Å²) < 4.78 is 0. The Kier molecular flexibility index (Phi) is 4.57. The SMILES string of the molecule is CC1CCC(CO)(NC(=O)c2ccc([N+](=O)[O-])cc2)CC1. The monoisotopic (exact) mass is 292 g/mol. The summed E-state index contributed by atoms with van der Waals surface area (Å²) in [5.41, 5.74) is -0.243. The summed E-state index contributed by atoms with van der Waals surface area (Å²) in [6.45, 7) is 2.08. The van der Waals surface area contributed by atoms with E-state index < -0.39 is 10.5 Å². The van der Waals surface area contributed by atoms with Crippen molar-refractivity contribution in [3.05, 3.63) is 39.9 Å². The minimum Gasteiger partial charge on any atom is -0.394 e. The van der Waals surface area contributed by atoms with Crippen LogP contribution in [0.5, 0.6) is 0 Å². The first-order chi connectivity index (χ1) is 9.96. The maximum Gasteiger partial charge on any atom is 0.269 e. The van der Waals surface area contributed by atoms with Crippen LogP contribution in [0.3, 0.4) is 0 Å². The second-order valence-electron chi connectivity index (χ2n) is 5.88. The zero-order valence-electron chi connectivity index (χ0n) is 12.0. The Hall–Kier alpha value is -1.95. The first kappa shape index (κ1) is 15.4. The van der Waals surface area contributed by atoms with Gasteiger partial charge < -0.3 is 10.4 Å². The Bertz CT molecular complexity index is 519. The maximum absolute atomic E-state index is 12.2. The molecule has 0 aliphatic heterocycles. The Labute approximate surface area is 123 Å². The fourth-order valence-electron chi connectivity index (χ4n) is 2.68. The van der Waals surface area contributed by atoms with Crippen molar-refractivity contribution >= 4 is 11.6 Å². The number of aliphatic hydroxyl groups is 1. The first-order valence-electron chi connectivity index (χ1n) is 7.13. The van der Waals surface area contributed by atoms with Gasteiger partial charge in [0.05, 0.1) is 17.1 Å². The van der Waals surface area contributed by atoms with Crippen LogP contribution >= 0.6 is 0 Å². The highest BCUT2D eigenvalue weighted by Crippen LogP contribution is 2.31. The molecule has 0 heterocycles. The number of nitrogens with zero attached hydrogens (tertiary/aromatic N) is 1. The molecule has 1 saturated carbocycles. The number of nitrogens with one attached hydrogen (secondary N) is 1. The standard InChI is InChI=1S/C15H20N2O4/c1-11-6-8-15(10-18,9-7-11)16-14(19)12-2-4-13(5-3-12)17(20)21/h2-5,11,18H,6-10H2,1H3,(H,16,19). The zero-order chi connectivity index (χ0) is 15.5. The molecule has 1 aromatic carbocycles. The van der Waals surface area contributed by atoms with Crippen molar-refractivity contribution in [1.82, 2.24) is 5.32 Å². The number of carbonyl (C=O) groups is 1. The van der Waals surface area contributed by atoms with E-state index in [4.69, 9.17) is 0 Å². The summed E-state index contributed by atoms with van der Waals surface area (Å²) in [5, 5.41) is 23.1. The van der Waals surface area contributed by atoms with Gasteiger partial charge in [-0.05, 0) is 43.7 Å². The molecule has 1 aliphatic carbocycles. The smallest absolute Gasteiger partial charge is 0.269 e. The molecular weight excluding hydrogens is 272 g/mol. The van der Waals surface area contributed by atoms with Crippen LogP contribution in [0.1, 0.15) is 43.0 Å². The minimum absolute atomic E-state index is 0.0464. The van der Waals surface area contributed by atoms with Gasteiger partial charge in [-0.3, -0.25) is 14.9 Å². The van der Waals surface area contributed by atoms with E-state index in [1.54, 1.807) is 0 Å². The second-order valence-corrected chi connectivity index (χ2v) is 5.88. The predicted octanol–water partition coefficient (Wildman–Crippen LogP) is 2.27. The van der Waals surface area contributed by atoms with Crippen LogP contribution in [0, 0.1) is 16.0 Å². The third-order valence-corrected chi connectivity index (χ3v) is 4.25. The van der Waals surface area contributed by atoms with Gasteiger partial charge in [-0.1, -0.05) is 6.92 Å². The maximum atomic E-state index is 12.2. The molecule has 1 aliphatic rings. The van der Waals surface area contributed by atoms with Crippen LogP contribution in [-0.4, -0.2) is 28.1 Å². The van der Waals surface area contributed by atoms with Crippen molar-refractivity contribution in [3.63, 3.8) is 0 Å². The van der Waals surface area contributed by atoms with Gasteiger partial charge in [-0.2, -0.15) is 0 Å². The normalized spacial score (nSPS) is 25.3. The van der Waals surface area contributed by atoms with Gasteiger partial charge in [0.15, 0.2) is 0 Å². The number of hydrogen-bond acceptors (Lipinski definition) is 4. The fraction of sp³-hybridized carbons (Fsp3) is 0.533. The van der Waals surface area contributed by atoms with E-state index in [1.165, 1.54) is 24.3 Å². The van der Waals surface area contributed by atoms with Gasteiger partial charge in [0, 0.05) is 17.7 Å². The molecule has 2 rings (SSSR count). The van der Waals surface area contributed by atoms with Crippen molar-refractivity contribution in [2.75, 3.05) is 6.61 Å². The molecule has 0 unspecified atom stereocenters. The minimum atomic E-state index is -0.564. The molecule has 6 nitrogen and oxygen atoms in total. The third-order valence-electron chi connectivity index (χ3n) is 4.25. The lowest BCUT2D eigenvalue weighted by molar-refractivity contribution is -0.384. The molecule has 21 heavy (non-hydrogen) atoms. The van der Waals surface area contributed by atoms with Gasteiger partial charge in [0.2, 0.25) is 0 Å². The molecular formula is C15H20N2O4. The molecule has 0 spiro atoms. The summed E-state index contributed by atoms with van der Waals surface area (Å²) in [4.78, 5) is 22.3. The number of nitro groups is 1. The van der Waals surface area contributed by atoms with Crippen LogP contribution in [0.4, 0.5) is 5.69 Å². The molecule has 0 atom stereocenters. The van der Waals surface area contributed by atoms with Gasteiger partial charge in [-0.25, -0.2) is 0 Å². The number of amides is 1. The molecule has 1 fully saturated rings. The van der Waals surface area contributed by atoms with Crippen molar-refractivity contribution in [3.8, 4) is 0 Å². The molecule has 0 saturated heterocycles. The average molecular weight is 292 g/mol. The second kappa shape index (κ2) is 6.22. The average Bonchev–Trinajstić information content (AvgIpc) is 2.50. The van der Waals surface area contributed by atoms with E-state index in [0.717, 1.165) is 25.7 Å². The van der Waals surface area contributed by atoms with E-state index >= 15 is 0 Å². The lowest BCUT2D eigenvalue weighted by atomic mass is 9.77. The summed E-state index contributed by atoms with van der Waals surface area (Å²) in [7, 11) is 0. The highest BCUT2D eigenvalue weighted by molar-refractivity contribution is 5.94. The van der Waals surface area contributed by atoms with Gasteiger partial charge >= 0.3 is 0 Å². The van der Waals surface area contributed by atoms with Crippen LogP contribution < -0.4 is 5.32 Å². The fourth-order valence-corrected chi connectivity index (χ4v) is 2.68. The molecule has 6 heteroatoms. The molecule has 0 bridgehead atoms. The van der Waals surface area contributed by atoms with Crippen molar-refractivity contribution in [2.24, 2.45) is 5.92 Å². The van der Waals surface area contributed by atoms with Crippen LogP contribution in [0.25, 0.3) is 0 Å². The lowest BCUT2D eigenvalue weighted by Gasteiger charge is -2.38. The lowest BCUT2D eigenvalue weighted by Crippen LogP contribution is -2.53. The van der Waals surface area contributed by atoms with Crippen LogP contribution in [0.15, 0.2) is 24.3 Å². The summed E-state index contributed by atoms with van der Waals surface area (Å²) in [5.74, 6) is 0.314. The number of non-ortho nitro benzene ring substituents is 1. The van der Waals surface area contributed by atoms with Crippen molar-refractivity contribution in [2.45, 2.75) is 38.1 Å². The number of hydrogen-bond donors (Lipinski definition) is 2. The summed E-state index contributed by atoms with van der Waals surface area (Å²) >= 11 is 0. The summed E-state index contributed by atoms with van der Waals surface area (Å²) in [6, 6.07) is 5.49. The van der Waals surface area contributed by atoms with E-state index in [0.29, 0.717) is 11.5 Å². The Morgan fingerprint density at radius 1 is 1.38 bits per heavy atom. The van der Waals surface area contributed by atoms with Crippen molar-refractivity contribution < 1.29 is 14.8 Å². The van der Waals surface area contributed by atoms with Crippen LogP contribution in [-0.2, 0) is 0 Å². The Morgan fingerprint density at radius 2 is 1.95 bits per heavy atom. The van der Waals surface area contributed by atoms with E-state index in [1.807, 2.05) is 0 Å². The molecule has 0 aromatic heterocycles. The molecule has 0 radical (unpaired) electrons. The Balaban J connectivity index is 2.07. The van der Waals surface area contributed by atoms with E-state index in [-0.39, 0.29) is 18.2 Å². The summed E-state index contributed by atoms with van der Waals surface area (Å²) in [6.07, 6.45) is 3.45. The van der Waals surface area contributed by atoms with E-state index in [9.17, 15) is 20.0 Å². The van der Waals surface area contributed by atoms with E-state index in [2.05, 4.69) is 12.2 Å². The largest absolute Gasteiger partial charge is 0.394 e. The highest BCUT2D eigenvalue weighted by Gasteiger charge is 2.35. The molecule has 114 valence electrons. The predicted molar refractivity (Wildman–Crippen MR) is 78.0 cm³/mol. The van der Waals surface area contributed by atoms with Gasteiger partial charge in [-0.15, -0.1) is 0 Å².